The van der Waals surface area contributed by atoms with E-state index in [0.717, 1.165) is 34.1 Å². The Labute approximate surface area is 150 Å². The summed E-state index contributed by atoms with van der Waals surface area (Å²) in [5.74, 6) is 3.83. The lowest BCUT2D eigenvalue weighted by Gasteiger charge is -2.17. The van der Waals surface area contributed by atoms with E-state index in [1.807, 2.05) is 24.3 Å². The van der Waals surface area contributed by atoms with Crippen molar-refractivity contribution < 1.29 is 28.4 Å². The van der Waals surface area contributed by atoms with Crippen LogP contribution in [0.2, 0.25) is 0 Å². The Morgan fingerprint density at radius 1 is 0.577 bits per heavy atom. The molecular weight excluding hydrogens is 336 g/mol. The van der Waals surface area contributed by atoms with Gasteiger partial charge in [-0.2, -0.15) is 0 Å². The molecule has 6 heteroatoms. The molecule has 2 fully saturated rings. The molecule has 2 aromatic carbocycles. The molecule has 2 saturated heterocycles. The third kappa shape index (κ3) is 2.12. The quantitative estimate of drug-likeness (QED) is 0.825. The minimum Gasteiger partial charge on any atom is -0.454 e. The molecule has 0 N–H and O–H groups in total. The Morgan fingerprint density at radius 3 is 1.54 bits per heavy atom. The molecule has 6 rings (SSSR count). The molecule has 4 aliphatic heterocycles. The van der Waals surface area contributed by atoms with Crippen molar-refractivity contribution in [2.45, 2.75) is 12.2 Å². The molecule has 0 aromatic heterocycles. The van der Waals surface area contributed by atoms with Crippen molar-refractivity contribution in [2.75, 3.05) is 26.8 Å². The topological polar surface area (TPSA) is 55.4 Å². The lowest BCUT2D eigenvalue weighted by atomic mass is 9.85. The van der Waals surface area contributed by atoms with Crippen molar-refractivity contribution in [3.8, 4) is 23.0 Å². The maximum Gasteiger partial charge on any atom is 0.231 e. The summed E-state index contributed by atoms with van der Waals surface area (Å²) in [5, 5.41) is 0. The molecular formula is C20H18O6. The van der Waals surface area contributed by atoms with Crippen molar-refractivity contribution >= 4 is 0 Å². The number of rotatable bonds is 2. The summed E-state index contributed by atoms with van der Waals surface area (Å²) in [6.07, 6.45) is 0.0435. The zero-order valence-electron chi connectivity index (χ0n) is 14.1. The summed E-state index contributed by atoms with van der Waals surface area (Å²) in [4.78, 5) is 0. The van der Waals surface area contributed by atoms with Crippen molar-refractivity contribution in [1.29, 1.82) is 0 Å². The summed E-state index contributed by atoms with van der Waals surface area (Å²) >= 11 is 0. The molecule has 2 unspecified atom stereocenters. The minimum absolute atomic E-state index is 0.0218. The maximum absolute atomic E-state index is 6.18. The van der Waals surface area contributed by atoms with Crippen LogP contribution in [0.3, 0.4) is 0 Å². The van der Waals surface area contributed by atoms with Gasteiger partial charge in [0.05, 0.1) is 25.4 Å². The summed E-state index contributed by atoms with van der Waals surface area (Å²) < 4.78 is 34.2. The van der Waals surface area contributed by atoms with Gasteiger partial charge >= 0.3 is 0 Å². The fraction of sp³-hybridized carbons (Fsp3) is 0.400. The lowest BCUT2D eigenvalue weighted by molar-refractivity contribution is 0.0192. The zero-order chi connectivity index (χ0) is 17.1. The van der Waals surface area contributed by atoms with Gasteiger partial charge < -0.3 is 28.4 Å². The number of benzene rings is 2. The van der Waals surface area contributed by atoms with E-state index in [-0.39, 0.29) is 25.8 Å². The van der Waals surface area contributed by atoms with Gasteiger partial charge in [-0.25, -0.2) is 0 Å². The van der Waals surface area contributed by atoms with E-state index in [9.17, 15) is 0 Å². The summed E-state index contributed by atoms with van der Waals surface area (Å²) in [5.41, 5.74) is 2.24. The second-order valence-electron chi connectivity index (χ2n) is 7.06. The van der Waals surface area contributed by atoms with E-state index in [4.69, 9.17) is 28.4 Å². The highest BCUT2D eigenvalue weighted by Crippen LogP contribution is 2.52. The molecule has 26 heavy (non-hydrogen) atoms. The van der Waals surface area contributed by atoms with E-state index in [0.29, 0.717) is 25.0 Å². The monoisotopic (exact) mass is 354 g/mol. The van der Waals surface area contributed by atoms with Crippen LogP contribution in [0.4, 0.5) is 0 Å². The van der Waals surface area contributed by atoms with Crippen LogP contribution in [0.5, 0.6) is 23.0 Å². The van der Waals surface area contributed by atoms with Gasteiger partial charge in [-0.15, -0.1) is 0 Å². The van der Waals surface area contributed by atoms with E-state index in [2.05, 4.69) is 12.1 Å². The van der Waals surface area contributed by atoms with Gasteiger partial charge in [-0.05, 0) is 35.4 Å². The van der Waals surface area contributed by atoms with E-state index < -0.39 is 0 Å². The fourth-order valence-corrected chi connectivity index (χ4v) is 4.41. The second kappa shape index (κ2) is 5.53. The van der Waals surface area contributed by atoms with E-state index in [1.54, 1.807) is 0 Å². The van der Waals surface area contributed by atoms with Gasteiger partial charge in [0, 0.05) is 11.8 Å². The molecule has 0 radical (unpaired) electrons. The first-order valence-corrected chi connectivity index (χ1v) is 8.89. The third-order valence-corrected chi connectivity index (χ3v) is 5.71. The Balaban J connectivity index is 1.27. The molecule has 4 aliphatic rings. The van der Waals surface area contributed by atoms with Crippen molar-refractivity contribution in [1.82, 2.24) is 0 Å². The lowest BCUT2D eigenvalue weighted by Crippen LogP contribution is -2.14. The Bertz CT molecular complexity index is 794. The molecule has 4 atom stereocenters. The predicted octanol–water partition coefficient (Wildman–Crippen LogP) is 3.22. The van der Waals surface area contributed by atoms with Gasteiger partial charge in [0.25, 0.3) is 0 Å². The van der Waals surface area contributed by atoms with Crippen LogP contribution < -0.4 is 18.9 Å². The molecule has 0 bridgehead atoms. The maximum atomic E-state index is 6.18. The van der Waals surface area contributed by atoms with Crippen LogP contribution in [0, 0.1) is 11.8 Å². The van der Waals surface area contributed by atoms with E-state index in [1.165, 1.54) is 0 Å². The standard InChI is InChI=1S/C20H18O6/c1-3-15-17(25-9-23-15)5-11(1)19-13-7-22-20(14(13)8-21-19)12-2-4-16-18(6-12)26-10-24-16/h1-6,13-14,19-20H,7-10H2/t13-,14-,19?,20?/m0/s1. The van der Waals surface area contributed by atoms with Crippen molar-refractivity contribution in [3.63, 3.8) is 0 Å². The first-order valence-electron chi connectivity index (χ1n) is 8.89. The molecule has 4 heterocycles. The van der Waals surface area contributed by atoms with Crippen molar-refractivity contribution in [3.05, 3.63) is 47.5 Å². The molecule has 6 nitrogen and oxygen atoms in total. The number of ether oxygens (including phenoxy) is 6. The van der Waals surface area contributed by atoms with Crippen LogP contribution in [0.1, 0.15) is 23.3 Å². The first kappa shape index (κ1) is 14.7. The Hall–Kier alpha value is -2.44. The van der Waals surface area contributed by atoms with Gasteiger partial charge in [-0.3, -0.25) is 0 Å². The van der Waals surface area contributed by atoms with E-state index >= 15 is 0 Å². The largest absolute Gasteiger partial charge is 0.454 e. The van der Waals surface area contributed by atoms with Crippen LogP contribution in [0.15, 0.2) is 36.4 Å². The number of hydrogen-bond acceptors (Lipinski definition) is 6. The van der Waals surface area contributed by atoms with Gasteiger partial charge in [0.1, 0.15) is 0 Å². The van der Waals surface area contributed by atoms with Gasteiger partial charge in [0.15, 0.2) is 23.0 Å². The smallest absolute Gasteiger partial charge is 0.231 e. The molecule has 2 aromatic rings. The molecule has 0 amide bonds. The molecule has 134 valence electrons. The zero-order valence-corrected chi connectivity index (χ0v) is 14.1. The van der Waals surface area contributed by atoms with Crippen LogP contribution >= 0.6 is 0 Å². The normalized spacial score (nSPS) is 30.6. The minimum atomic E-state index is 0.0218. The number of fused-ring (bicyclic) bond motifs is 3. The summed E-state index contributed by atoms with van der Waals surface area (Å²) in [6, 6.07) is 12.1. The molecule has 0 aliphatic carbocycles. The Kier molecular flexibility index (Phi) is 3.12. The van der Waals surface area contributed by atoms with Gasteiger partial charge in [0.2, 0.25) is 13.6 Å². The average Bonchev–Trinajstić information content (AvgIpc) is 3.42. The molecule has 0 spiro atoms. The number of hydrogen-bond donors (Lipinski definition) is 0. The second-order valence-corrected chi connectivity index (χ2v) is 7.06. The summed E-state index contributed by atoms with van der Waals surface area (Å²) in [7, 11) is 0. The highest BCUT2D eigenvalue weighted by molar-refractivity contribution is 5.46. The summed E-state index contributed by atoms with van der Waals surface area (Å²) in [6.45, 7) is 1.93. The van der Waals surface area contributed by atoms with Gasteiger partial charge in [-0.1, -0.05) is 12.1 Å². The predicted molar refractivity (Wildman–Crippen MR) is 89.5 cm³/mol. The Morgan fingerprint density at radius 2 is 1.04 bits per heavy atom. The molecule has 0 saturated carbocycles. The van der Waals surface area contributed by atoms with Crippen LogP contribution in [0.25, 0.3) is 0 Å². The third-order valence-electron chi connectivity index (χ3n) is 5.71. The highest BCUT2D eigenvalue weighted by atomic mass is 16.7. The van der Waals surface area contributed by atoms with Crippen LogP contribution in [-0.4, -0.2) is 26.8 Å². The SMILES string of the molecule is c1cc2c(cc1C1OC[C@@H]3C(c4ccc5c(c4)OCO5)OC[C@H]13)OCO2. The van der Waals surface area contributed by atoms with Crippen LogP contribution in [-0.2, 0) is 9.47 Å². The average molecular weight is 354 g/mol. The fourth-order valence-electron chi connectivity index (χ4n) is 4.41. The highest BCUT2D eigenvalue weighted by Gasteiger charge is 2.48. The first-order chi connectivity index (χ1) is 12.9. The van der Waals surface area contributed by atoms with Crippen molar-refractivity contribution in [2.24, 2.45) is 11.8 Å².